The predicted molar refractivity (Wildman–Crippen MR) is 75.8 cm³/mol. The normalized spacial score (nSPS) is 18.9. The number of ether oxygens (including phenoxy) is 1. The lowest BCUT2D eigenvalue weighted by Gasteiger charge is -2.17. The summed E-state index contributed by atoms with van der Waals surface area (Å²) in [5.41, 5.74) is 2.08. The van der Waals surface area contributed by atoms with Gasteiger partial charge >= 0.3 is 0 Å². The monoisotopic (exact) mass is 258 g/mol. The lowest BCUT2D eigenvalue weighted by molar-refractivity contribution is 0.0973. The highest BCUT2D eigenvalue weighted by molar-refractivity contribution is 5.96. The Morgan fingerprint density at radius 3 is 2.89 bits per heavy atom. The molecule has 0 spiro atoms. The van der Waals surface area contributed by atoms with Gasteiger partial charge in [-0.25, -0.2) is 0 Å². The number of aryl methyl sites for hydroxylation is 1. The summed E-state index contributed by atoms with van der Waals surface area (Å²) >= 11 is 0. The number of carbonyl (C=O) groups is 1. The molecule has 1 heterocycles. The van der Waals surface area contributed by atoms with Crippen molar-refractivity contribution in [1.82, 2.24) is 0 Å². The number of ketones is 1. The van der Waals surface area contributed by atoms with Crippen molar-refractivity contribution in [3.8, 4) is 5.75 Å². The fourth-order valence-electron chi connectivity index (χ4n) is 3.31. The van der Waals surface area contributed by atoms with Crippen molar-refractivity contribution in [2.45, 2.75) is 51.4 Å². The number of hydrogen-bond donors (Lipinski definition) is 0. The van der Waals surface area contributed by atoms with Crippen molar-refractivity contribution in [2.24, 2.45) is 5.92 Å². The zero-order valence-corrected chi connectivity index (χ0v) is 11.5. The van der Waals surface area contributed by atoms with E-state index in [-0.39, 0.29) is 0 Å². The minimum Gasteiger partial charge on any atom is -0.493 e. The molecule has 1 aliphatic carbocycles. The quantitative estimate of drug-likeness (QED) is 0.758. The van der Waals surface area contributed by atoms with Gasteiger partial charge in [0.2, 0.25) is 0 Å². The third-order valence-electron chi connectivity index (χ3n) is 4.48. The average molecular weight is 258 g/mol. The van der Waals surface area contributed by atoms with Crippen LogP contribution in [0.2, 0.25) is 0 Å². The summed E-state index contributed by atoms with van der Waals surface area (Å²) in [4.78, 5) is 12.2. The molecule has 1 aromatic carbocycles. The minimum absolute atomic E-state index is 0.306. The van der Waals surface area contributed by atoms with Gasteiger partial charge in [0.05, 0.1) is 6.61 Å². The molecular formula is C17H22O2. The van der Waals surface area contributed by atoms with Gasteiger partial charge in [-0.3, -0.25) is 4.79 Å². The van der Waals surface area contributed by atoms with E-state index in [1.807, 2.05) is 18.2 Å². The Bertz CT molecular complexity index is 458. The van der Waals surface area contributed by atoms with Gasteiger partial charge in [-0.05, 0) is 48.9 Å². The number of Topliss-reactive ketones (excluding diaryl/α,β-unsaturated/α-hetero) is 1. The van der Waals surface area contributed by atoms with Crippen LogP contribution in [-0.4, -0.2) is 12.4 Å². The molecule has 0 radical (unpaired) electrons. The second-order valence-corrected chi connectivity index (χ2v) is 5.89. The molecular weight excluding hydrogens is 236 g/mol. The molecule has 0 bridgehead atoms. The van der Waals surface area contributed by atoms with Gasteiger partial charge in [-0.1, -0.05) is 25.7 Å². The first-order valence-corrected chi connectivity index (χ1v) is 7.62. The van der Waals surface area contributed by atoms with Gasteiger partial charge in [0.1, 0.15) is 5.75 Å². The van der Waals surface area contributed by atoms with Crippen molar-refractivity contribution < 1.29 is 9.53 Å². The molecule has 1 aromatic rings. The summed E-state index contributed by atoms with van der Waals surface area (Å²) in [6.45, 7) is 0.808. The Morgan fingerprint density at radius 1 is 1.21 bits per heavy atom. The van der Waals surface area contributed by atoms with Crippen molar-refractivity contribution in [3.63, 3.8) is 0 Å². The predicted octanol–water partition coefficient (Wildman–Crippen LogP) is 4.16. The van der Waals surface area contributed by atoms with Crippen LogP contribution < -0.4 is 4.74 Å². The zero-order valence-electron chi connectivity index (χ0n) is 11.5. The number of rotatable bonds is 4. The summed E-state index contributed by atoms with van der Waals surface area (Å²) in [6, 6.07) is 5.95. The van der Waals surface area contributed by atoms with Crippen molar-refractivity contribution in [1.29, 1.82) is 0 Å². The van der Waals surface area contributed by atoms with Crippen molar-refractivity contribution >= 4 is 5.78 Å². The van der Waals surface area contributed by atoms with E-state index in [0.29, 0.717) is 12.2 Å². The molecule has 0 atom stereocenters. The van der Waals surface area contributed by atoms with E-state index >= 15 is 0 Å². The number of hydrogen-bond acceptors (Lipinski definition) is 2. The molecule has 1 saturated carbocycles. The van der Waals surface area contributed by atoms with Gasteiger partial charge in [0.15, 0.2) is 5.78 Å². The molecule has 102 valence electrons. The Hall–Kier alpha value is -1.31. The highest BCUT2D eigenvalue weighted by Gasteiger charge is 2.18. The molecule has 0 N–H and O–H groups in total. The molecule has 0 aromatic heterocycles. The topological polar surface area (TPSA) is 26.3 Å². The smallest absolute Gasteiger partial charge is 0.162 e. The molecule has 3 rings (SSSR count). The van der Waals surface area contributed by atoms with Crippen LogP contribution in [0.5, 0.6) is 5.75 Å². The van der Waals surface area contributed by atoms with Gasteiger partial charge in [0.25, 0.3) is 0 Å². The van der Waals surface area contributed by atoms with E-state index in [9.17, 15) is 4.79 Å². The van der Waals surface area contributed by atoms with Crippen LogP contribution in [0, 0.1) is 5.92 Å². The second-order valence-electron chi connectivity index (χ2n) is 5.89. The minimum atomic E-state index is 0.306. The van der Waals surface area contributed by atoms with Crippen LogP contribution in [0.3, 0.4) is 0 Å². The Morgan fingerprint density at radius 2 is 2.05 bits per heavy atom. The summed E-state index contributed by atoms with van der Waals surface area (Å²) < 4.78 is 5.59. The van der Waals surface area contributed by atoms with E-state index in [2.05, 4.69) is 0 Å². The van der Waals surface area contributed by atoms with Gasteiger partial charge in [-0.15, -0.1) is 0 Å². The molecule has 0 unspecified atom stereocenters. The Labute approximate surface area is 115 Å². The summed E-state index contributed by atoms with van der Waals surface area (Å²) in [6.07, 6.45) is 9.25. The van der Waals surface area contributed by atoms with Gasteiger partial charge in [-0.2, -0.15) is 0 Å². The van der Waals surface area contributed by atoms with Crippen LogP contribution in [0.4, 0.5) is 0 Å². The average Bonchev–Trinajstić information content (AvgIpc) is 2.97. The van der Waals surface area contributed by atoms with E-state index < -0.39 is 0 Å². The van der Waals surface area contributed by atoms with E-state index in [1.165, 1.54) is 31.2 Å². The van der Waals surface area contributed by atoms with Crippen LogP contribution in [0.1, 0.15) is 60.9 Å². The molecule has 0 saturated heterocycles. The van der Waals surface area contributed by atoms with E-state index in [4.69, 9.17) is 4.74 Å². The fourth-order valence-corrected chi connectivity index (χ4v) is 3.31. The summed E-state index contributed by atoms with van der Waals surface area (Å²) in [7, 11) is 0. The molecule has 1 fully saturated rings. The second kappa shape index (κ2) is 5.77. The Kier molecular flexibility index (Phi) is 3.86. The van der Waals surface area contributed by atoms with Crippen molar-refractivity contribution in [3.05, 3.63) is 29.3 Å². The molecule has 0 amide bonds. The lowest BCUT2D eigenvalue weighted by Crippen LogP contribution is -2.10. The van der Waals surface area contributed by atoms with E-state index in [1.54, 1.807) is 0 Å². The third kappa shape index (κ3) is 2.99. The van der Waals surface area contributed by atoms with Crippen LogP contribution in [0.25, 0.3) is 0 Å². The first-order chi connectivity index (χ1) is 9.33. The van der Waals surface area contributed by atoms with Crippen LogP contribution in [-0.2, 0) is 6.42 Å². The molecule has 19 heavy (non-hydrogen) atoms. The van der Waals surface area contributed by atoms with Crippen LogP contribution >= 0.6 is 0 Å². The molecule has 2 aliphatic rings. The lowest BCUT2D eigenvalue weighted by atomic mass is 9.95. The molecule has 2 heteroatoms. The number of benzene rings is 1. The first kappa shape index (κ1) is 12.7. The maximum Gasteiger partial charge on any atom is 0.162 e. The zero-order chi connectivity index (χ0) is 13.1. The SMILES string of the molecule is O=C(CCC1CCCC1)c1ccc2c(c1)CCCO2. The molecule has 2 nitrogen and oxygen atoms in total. The van der Waals surface area contributed by atoms with Crippen LogP contribution in [0.15, 0.2) is 18.2 Å². The number of carbonyl (C=O) groups excluding carboxylic acids is 1. The van der Waals surface area contributed by atoms with Crippen molar-refractivity contribution in [2.75, 3.05) is 6.61 Å². The molecule has 1 aliphatic heterocycles. The summed E-state index contributed by atoms with van der Waals surface area (Å²) in [5, 5.41) is 0. The standard InChI is InChI=1S/C17H22O2/c18-16(9-7-13-4-1-2-5-13)14-8-10-17-15(12-14)6-3-11-19-17/h8,10,12-13H,1-7,9,11H2. The van der Waals surface area contributed by atoms with Gasteiger partial charge in [0, 0.05) is 12.0 Å². The van der Waals surface area contributed by atoms with Gasteiger partial charge < -0.3 is 4.74 Å². The Balaban J connectivity index is 1.62. The maximum absolute atomic E-state index is 12.2. The summed E-state index contributed by atoms with van der Waals surface area (Å²) in [5.74, 6) is 2.07. The third-order valence-corrected chi connectivity index (χ3v) is 4.48. The highest BCUT2D eigenvalue weighted by atomic mass is 16.5. The first-order valence-electron chi connectivity index (χ1n) is 7.62. The maximum atomic E-state index is 12.2. The van der Waals surface area contributed by atoms with E-state index in [0.717, 1.165) is 43.1 Å². The largest absolute Gasteiger partial charge is 0.493 e. The fraction of sp³-hybridized carbons (Fsp3) is 0.588. The highest BCUT2D eigenvalue weighted by Crippen LogP contribution is 2.30. The number of fused-ring (bicyclic) bond motifs is 1.